The quantitative estimate of drug-likeness (QED) is 0.583. The number of para-hydroxylation sites is 1. The number of esters is 1. The van der Waals surface area contributed by atoms with Crippen LogP contribution < -0.4 is 5.32 Å². The molecular formula is C25H26N2O4. The van der Waals surface area contributed by atoms with Crippen molar-refractivity contribution in [3.8, 4) is 0 Å². The van der Waals surface area contributed by atoms with E-state index in [1.54, 1.807) is 13.2 Å². The molecule has 4 rings (SSSR count). The van der Waals surface area contributed by atoms with Crippen molar-refractivity contribution in [3.05, 3.63) is 65.2 Å². The minimum atomic E-state index is -0.872. The Morgan fingerprint density at radius 3 is 2.84 bits per heavy atom. The van der Waals surface area contributed by atoms with Gasteiger partial charge in [-0.1, -0.05) is 25.1 Å². The topological polar surface area (TPSA) is 81.4 Å². The third-order valence-corrected chi connectivity index (χ3v) is 5.44. The Balaban J connectivity index is 1.76. The number of aromatic nitrogens is 1. The van der Waals surface area contributed by atoms with Crippen molar-refractivity contribution in [1.82, 2.24) is 10.3 Å². The number of hydrogen-bond acceptors (Lipinski definition) is 5. The van der Waals surface area contributed by atoms with E-state index in [0.717, 1.165) is 59.2 Å². The number of furan rings is 1. The summed E-state index contributed by atoms with van der Waals surface area (Å²) in [6, 6.07) is 11.3. The fourth-order valence-electron chi connectivity index (χ4n) is 3.92. The molecule has 160 valence electrons. The molecule has 0 saturated heterocycles. The first-order valence-corrected chi connectivity index (χ1v) is 10.7. The fourth-order valence-corrected chi connectivity index (χ4v) is 3.92. The Labute approximate surface area is 181 Å². The molecule has 0 bridgehead atoms. The highest BCUT2D eigenvalue weighted by molar-refractivity contribution is 6.07. The maximum absolute atomic E-state index is 13.3. The number of allylic oxidation sites excluding steroid dienone is 1. The van der Waals surface area contributed by atoms with Crippen LogP contribution in [0.15, 0.2) is 47.1 Å². The Bertz CT molecular complexity index is 1130. The molecule has 2 heterocycles. The first-order valence-electron chi connectivity index (χ1n) is 10.7. The lowest BCUT2D eigenvalue weighted by Crippen LogP contribution is -2.36. The monoisotopic (exact) mass is 418 g/mol. The fraction of sp³-hybridized carbons (Fsp3) is 0.320. The van der Waals surface area contributed by atoms with E-state index in [0.29, 0.717) is 12.1 Å². The van der Waals surface area contributed by atoms with Crippen LogP contribution in [-0.2, 0) is 16.0 Å². The summed E-state index contributed by atoms with van der Waals surface area (Å²) in [5.74, 6) is -0.0303. The van der Waals surface area contributed by atoms with Crippen molar-refractivity contribution < 1.29 is 18.7 Å². The second kappa shape index (κ2) is 9.16. The summed E-state index contributed by atoms with van der Waals surface area (Å²) in [6.45, 7) is 4.12. The molecule has 2 aromatic heterocycles. The summed E-state index contributed by atoms with van der Waals surface area (Å²) < 4.78 is 11.1. The van der Waals surface area contributed by atoms with Gasteiger partial charge in [-0.15, -0.1) is 0 Å². The van der Waals surface area contributed by atoms with Crippen molar-refractivity contribution in [1.29, 1.82) is 0 Å². The molecule has 0 spiro atoms. The number of benzene rings is 1. The number of carbonyl (C=O) groups excluding carboxylic acids is 2. The molecule has 1 aromatic carbocycles. The number of fused-ring (bicyclic) bond motifs is 2. The van der Waals surface area contributed by atoms with E-state index in [2.05, 4.69) is 5.32 Å². The van der Waals surface area contributed by atoms with Crippen LogP contribution in [0.5, 0.6) is 0 Å². The van der Waals surface area contributed by atoms with Crippen LogP contribution in [0.1, 0.15) is 60.5 Å². The molecule has 0 radical (unpaired) electrons. The van der Waals surface area contributed by atoms with Gasteiger partial charge in [-0.25, -0.2) is 9.78 Å². The lowest BCUT2D eigenvalue weighted by molar-refractivity contribution is -0.129. The Kier molecular flexibility index (Phi) is 6.16. The van der Waals surface area contributed by atoms with Gasteiger partial charge < -0.3 is 14.5 Å². The Morgan fingerprint density at radius 1 is 1.23 bits per heavy atom. The zero-order valence-corrected chi connectivity index (χ0v) is 17.8. The maximum atomic E-state index is 13.3. The van der Waals surface area contributed by atoms with Gasteiger partial charge >= 0.3 is 5.97 Å². The van der Waals surface area contributed by atoms with Crippen LogP contribution in [0.2, 0.25) is 0 Å². The van der Waals surface area contributed by atoms with E-state index < -0.39 is 12.1 Å². The summed E-state index contributed by atoms with van der Waals surface area (Å²) >= 11 is 0. The predicted molar refractivity (Wildman–Crippen MR) is 119 cm³/mol. The second-order valence-electron chi connectivity index (χ2n) is 7.71. The Morgan fingerprint density at radius 2 is 2.06 bits per heavy atom. The SMILES string of the molecule is CCCNC(=O)C(C)OC(=O)c1c2c(nc3ccccc13)/C(=C\c1ccco1)CCC2. The summed E-state index contributed by atoms with van der Waals surface area (Å²) in [5, 5.41) is 3.51. The number of rotatable bonds is 6. The van der Waals surface area contributed by atoms with Gasteiger partial charge in [-0.2, -0.15) is 0 Å². The van der Waals surface area contributed by atoms with Gasteiger partial charge in [-0.3, -0.25) is 4.79 Å². The van der Waals surface area contributed by atoms with Gasteiger partial charge in [0.25, 0.3) is 5.91 Å². The maximum Gasteiger partial charge on any atom is 0.339 e. The van der Waals surface area contributed by atoms with E-state index >= 15 is 0 Å². The van der Waals surface area contributed by atoms with Gasteiger partial charge in [0.1, 0.15) is 5.76 Å². The number of hydrogen-bond donors (Lipinski definition) is 1. The zero-order valence-electron chi connectivity index (χ0n) is 17.8. The molecule has 0 aliphatic heterocycles. The first-order chi connectivity index (χ1) is 15.1. The standard InChI is InChI=1S/C25H26N2O4/c1-3-13-26-24(28)16(2)31-25(29)22-19-10-4-5-12-21(19)27-23-17(8-6-11-20(22)23)15-18-9-7-14-30-18/h4-5,7,9-10,12,14-16H,3,6,8,11,13H2,1-2H3,(H,26,28)/b17-15-. The smallest absolute Gasteiger partial charge is 0.339 e. The van der Waals surface area contributed by atoms with Crippen molar-refractivity contribution in [3.63, 3.8) is 0 Å². The molecule has 6 nitrogen and oxygen atoms in total. The molecule has 1 aliphatic rings. The average molecular weight is 418 g/mol. The highest BCUT2D eigenvalue weighted by atomic mass is 16.5. The van der Waals surface area contributed by atoms with Gasteiger partial charge in [0.15, 0.2) is 6.10 Å². The molecule has 1 atom stereocenters. The first kappa shape index (κ1) is 20.8. The van der Waals surface area contributed by atoms with Crippen LogP contribution >= 0.6 is 0 Å². The lowest BCUT2D eigenvalue weighted by Gasteiger charge is -2.23. The third-order valence-electron chi connectivity index (χ3n) is 5.44. The van der Waals surface area contributed by atoms with E-state index in [1.807, 2.05) is 49.4 Å². The van der Waals surface area contributed by atoms with Crippen molar-refractivity contribution in [2.24, 2.45) is 0 Å². The molecule has 1 amide bonds. The number of ether oxygens (including phenoxy) is 1. The predicted octanol–water partition coefficient (Wildman–Crippen LogP) is 4.78. The van der Waals surface area contributed by atoms with Crippen molar-refractivity contribution in [2.45, 2.75) is 45.6 Å². The number of nitrogens with zero attached hydrogens (tertiary/aromatic N) is 1. The molecule has 3 aromatic rings. The third kappa shape index (κ3) is 4.38. The summed E-state index contributed by atoms with van der Waals surface area (Å²) in [6.07, 6.45) is 6.04. The molecule has 1 N–H and O–H groups in total. The van der Waals surface area contributed by atoms with Crippen molar-refractivity contribution >= 4 is 34.4 Å². The van der Waals surface area contributed by atoms with E-state index in [9.17, 15) is 9.59 Å². The molecule has 1 aliphatic carbocycles. The van der Waals surface area contributed by atoms with Crippen LogP contribution in [-0.4, -0.2) is 29.5 Å². The minimum Gasteiger partial charge on any atom is -0.465 e. The second-order valence-corrected chi connectivity index (χ2v) is 7.71. The normalized spacial score (nSPS) is 15.5. The van der Waals surface area contributed by atoms with Gasteiger partial charge in [0.05, 0.1) is 23.0 Å². The largest absolute Gasteiger partial charge is 0.465 e. The Hall–Kier alpha value is -3.41. The van der Waals surface area contributed by atoms with Gasteiger partial charge in [0.2, 0.25) is 0 Å². The minimum absolute atomic E-state index is 0.291. The summed E-state index contributed by atoms with van der Waals surface area (Å²) in [5.41, 5.74) is 3.93. The zero-order chi connectivity index (χ0) is 21.8. The number of carbonyl (C=O) groups is 2. The number of amides is 1. The number of nitrogens with one attached hydrogen (secondary N) is 1. The van der Waals surface area contributed by atoms with E-state index in [4.69, 9.17) is 14.1 Å². The summed E-state index contributed by atoms with van der Waals surface area (Å²) in [7, 11) is 0. The van der Waals surface area contributed by atoms with Crippen LogP contribution in [0.4, 0.5) is 0 Å². The highest BCUT2D eigenvalue weighted by Gasteiger charge is 2.28. The van der Waals surface area contributed by atoms with E-state index in [-0.39, 0.29) is 5.91 Å². The lowest BCUT2D eigenvalue weighted by atomic mass is 9.86. The van der Waals surface area contributed by atoms with Crippen molar-refractivity contribution in [2.75, 3.05) is 6.54 Å². The average Bonchev–Trinajstić information content (AvgIpc) is 3.29. The summed E-state index contributed by atoms with van der Waals surface area (Å²) in [4.78, 5) is 30.4. The molecule has 6 heteroatoms. The molecule has 1 unspecified atom stereocenters. The molecule has 0 saturated carbocycles. The van der Waals surface area contributed by atoms with Gasteiger partial charge in [-0.05, 0) is 68.0 Å². The molecule has 31 heavy (non-hydrogen) atoms. The molecular weight excluding hydrogens is 392 g/mol. The van der Waals surface area contributed by atoms with Crippen LogP contribution in [0.3, 0.4) is 0 Å². The van der Waals surface area contributed by atoms with Crippen LogP contribution in [0.25, 0.3) is 22.6 Å². The van der Waals surface area contributed by atoms with E-state index in [1.165, 1.54) is 0 Å². The van der Waals surface area contributed by atoms with Crippen LogP contribution in [0, 0.1) is 0 Å². The highest BCUT2D eigenvalue weighted by Crippen LogP contribution is 2.36. The molecule has 0 fully saturated rings. The van der Waals surface area contributed by atoms with Gasteiger partial charge in [0, 0.05) is 11.9 Å². The number of pyridine rings is 1.